The van der Waals surface area contributed by atoms with E-state index in [4.69, 9.17) is 4.74 Å². The van der Waals surface area contributed by atoms with Crippen molar-refractivity contribution < 1.29 is 27.8 Å². The molecule has 158 valence electrons. The SMILES string of the molecule is CCOc1cc2nc([C@H](O)C3CC3)cn2cc1NC(=O)c1cccc(C(F)(F)F)n1. The van der Waals surface area contributed by atoms with E-state index in [-0.39, 0.29) is 17.3 Å². The Bertz CT molecular complexity index is 1090. The van der Waals surface area contributed by atoms with Gasteiger partial charge in [-0.05, 0) is 37.8 Å². The third-order valence-electron chi connectivity index (χ3n) is 4.77. The van der Waals surface area contributed by atoms with Crippen LogP contribution in [0.1, 0.15) is 47.7 Å². The molecule has 4 rings (SSSR count). The monoisotopic (exact) mass is 420 g/mol. The second-order valence-electron chi connectivity index (χ2n) is 7.06. The lowest BCUT2D eigenvalue weighted by atomic mass is 10.2. The molecule has 1 fully saturated rings. The fourth-order valence-corrected chi connectivity index (χ4v) is 3.11. The predicted molar refractivity (Wildman–Crippen MR) is 101 cm³/mol. The Morgan fingerprint density at radius 2 is 2.10 bits per heavy atom. The summed E-state index contributed by atoms with van der Waals surface area (Å²) >= 11 is 0. The molecule has 0 aromatic carbocycles. The van der Waals surface area contributed by atoms with Crippen LogP contribution in [-0.4, -0.2) is 32.0 Å². The molecule has 0 unspecified atom stereocenters. The molecule has 7 nitrogen and oxygen atoms in total. The van der Waals surface area contributed by atoms with E-state index in [1.807, 2.05) is 0 Å². The van der Waals surface area contributed by atoms with Crippen LogP contribution in [-0.2, 0) is 6.18 Å². The highest BCUT2D eigenvalue weighted by molar-refractivity contribution is 6.03. The minimum atomic E-state index is -4.65. The van der Waals surface area contributed by atoms with Gasteiger partial charge in [0.2, 0.25) is 0 Å². The number of halogens is 3. The molecule has 0 radical (unpaired) electrons. The van der Waals surface area contributed by atoms with Crippen LogP contribution in [0.15, 0.2) is 36.7 Å². The highest BCUT2D eigenvalue weighted by atomic mass is 19.4. The molecule has 10 heteroatoms. The number of imidazole rings is 1. The van der Waals surface area contributed by atoms with Crippen LogP contribution in [0.25, 0.3) is 5.65 Å². The third-order valence-corrected chi connectivity index (χ3v) is 4.77. The van der Waals surface area contributed by atoms with Crippen LogP contribution in [0.5, 0.6) is 5.75 Å². The second kappa shape index (κ2) is 7.60. The average Bonchev–Trinajstić information content (AvgIpc) is 3.47. The number of aliphatic hydroxyl groups excluding tert-OH is 1. The number of ether oxygens (including phenoxy) is 1. The molecular weight excluding hydrogens is 401 g/mol. The molecule has 0 spiro atoms. The summed E-state index contributed by atoms with van der Waals surface area (Å²) in [6.07, 6.45) is -0.211. The molecule has 1 aliphatic carbocycles. The zero-order chi connectivity index (χ0) is 21.5. The van der Waals surface area contributed by atoms with E-state index in [1.165, 1.54) is 6.07 Å². The standard InChI is InChI=1S/C20H19F3N4O3/c1-2-30-15-8-17-25-14(18(28)11-6-7-11)10-27(17)9-13(15)26-19(29)12-4-3-5-16(24-12)20(21,22)23/h3-5,8-11,18,28H,2,6-7H2,1H3,(H,26,29)/t18-/m1/s1. The maximum Gasteiger partial charge on any atom is 0.433 e. The molecule has 1 atom stereocenters. The number of carbonyl (C=O) groups excluding carboxylic acids is 1. The molecule has 3 aromatic rings. The Kier molecular flexibility index (Phi) is 5.10. The number of carbonyl (C=O) groups is 1. The van der Waals surface area contributed by atoms with Gasteiger partial charge in [0.05, 0.1) is 12.3 Å². The van der Waals surface area contributed by atoms with Gasteiger partial charge in [0, 0.05) is 18.5 Å². The van der Waals surface area contributed by atoms with E-state index in [0.29, 0.717) is 23.7 Å². The molecule has 1 amide bonds. The number of amides is 1. The molecule has 1 saturated carbocycles. The van der Waals surface area contributed by atoms with Gasteiger partial charge >= 0.3 is 6.18 Å². The first-order chi connectivity index (χ1) is 14.3. The van der Waals surface area contributed by atoms with E-state index < -0.39 is 23.9 Å². The van der Waals surface area contributed by atoms with Gasteiger partial charge < -0.3 is 19.6 Å². The Balaban J connectivity index is 1.65. The van der Waals surface area contributed by atoms with Crippen LogP contribution in [0.4, 0.5) is 18.9 Å². The summed E-state index contributed by atoms with van der Waals surface area (Å²) in [5.41, 5.74) is -0.239. The van der Waals surface area contributed by atoms with Crippen LogP contribution < -0.4 is 10.1 Å². The number of rotatable bonds is 6. The van der Waals surface area contributed by atoms with Gasteiger partial charge in [0.25, 0.3) is 5.91 Å². The Morgan fingerprint density at radius 3 is 2.77 bits per heavy atom. The van der Waals surface area contributed by atoms with Crippen molar-refractivity contribution in [3.63, 3.8) is 0 Å². The summed E-state index contributed by atoms with van der Waals surface area (Å²) in [5, 5.41) is 12.9. The second-order valence-corrected chi connectivity index (χ2v) is 7.06. The molecule has 30 heavy (non-hydrogen) atoms. The van der Waals surface area contributed by atoms with Crippen LogP contribution in [0, 0.1) is 5.92 Å². The van der Waals surface area contributed by atoms with Gasteiger partial charge in [-0.25, -0.2) is 9.97 Å². The molecule has 3 heterocycles. The van der Waals surface area contributed by atoms with Gasteiger partial charge in [-0.1, -0.05) is 6.07 Å². The zero-order valence-corrected chi connectivity index (χ0v) is 16.0. The first-order valence-electron chi connectivity index (χ1n) is 9.45. The van der Waals surface area contributed by atoms with E-state index in [1.54, 1.807) is 29.8 Å². The van der Waals surface area contributed by atoms with Crippen LogP contribution in [0.2, 0.25) is 0 Å². The number of nitrogens with one attached hydrogen (secondary N) is 1. The maximum absolute atomic E-state index is 12.9. The number of aromatic nitrogens is 3. The number of aliphatic hydroxyl groups is 1. The third kappa shape index (κ3) is 4.09. The van der Waals surface area contributed by atoms with Gasteiger partial charge in [0.15, 0.2) is 0 Å². The molecule has 0 bridgehead atoms. The molecule has 0 saturated heterocycles. The van der Waals surface area contributed by atoms with Crippen molar-refractivity contribution in [2.75, 3.05) is 11.9 Å². The van der Waals surface area contributed by atoms with Crippen molar-refractivity contribution in [2.45, 2.75) is 32.0 Å². The quantitative estimate of drug-likeness (QED) is 0.633. The predicted octanol–water partition coefficient (Wildman–Crippen LogP) is 3.84. The highest BCUT2D eigenvalue weighted by Crippen LogP contribution is 2.40. The van der Waals surface area contributed by atoms with Crippen LogP contribution >= 0.6 is 0 Å². The number of fused-ring (bicyclic) bond motifs is 1. The Labute approximate surface area is 169 Å². The molecular formula is C20H19F3N4O3. The van der Waals surface area contributed by atoms with Crippen LogP contribution in [0.3, 0.4) is 0 Å². The molecule has 1 aliphatic rings. The lowest BCUT2D eigenvalue weighted by molar-refractivity contribution is -0.141. The number of hydrogen-bond acceptors (Lipinski definition) is 5. The van der Waals surface area contributed by atoms with Gasteiger partial charge in [-0.3, -0.25) is 4.79 Å². The Hall–Kier alpha value is -3.14. The van der Waals surface area contributed by atoms with E-state index in [2.05, 4.69) is 15.3 Å². The minimum Gasteiger partial charge on any atom is -0.491 e. The van der Waals surface area contributed by atoms with Crippen molar-refractivity contribution in [1.29, 1.82) is 0 Å². The first-order valence-corrected chi connectivity index (χ1v) is 9.45. The number of pyridine rings is 2. The summed E-state index contributed by atoms with van der Waals surface area (Å²) < 4.78 is 45.8. The van der Waals surface area contributed by atoms with E-state index >= 15 is 0 Å². The summed E-state index contributed by atoms with van der Waals surface area (Å²) in [6.45, 7) is 2.07. The van der Waals surface area contributed by atoms with Crippen molar-refractivity contribution in [1.82, 2.24) is 14.4 Å². The number of anilines is 1. The Morgan fingerprint density at radius 1 is 1.33 bits per heavy atom. The fourth-order valence-electron chi connectivity index (χ4n) is 3.11. The average molecular weight is 420 g/mol. The lowest BCUT2D eigenvalue weighted by Gasteiger charge is -2.12. The molecule has 0 aliphatic heterocycles. The van der Waals surface area contributed by atoms with Crippen molar-refractivity contribution >= 4 is 17.2 Å². The van der Waals surface area contributed by atoms with Gasteiger partial charge in [-0.2, -0.15) is 13.2 Å². The normalized spacial score (nSPS) is 15.2. The maximum atomic E-state index is 12.9. The fraction of sp³-hybridized carbons (Fsp3) is 0.350. The van der Waals surface area contributed by atoms with E-state index in [9.17, 15) is 23.1 Å². The molecule has 2 N–H and O–H groups in total. The summed E-state index contributed by atoms with van der Waals surface area (Å²) in [6, 6.07) is 4.72. The van der Waals surface area contributed by atoms with Crippen molar-refractivity contribution in [3.8, 4) is 5.75 Å². The van der Waals surface area contributed by atoms with Gasteiger partial charge in [-0.15, -0.1) is 0 Å². The van der Waals surface area contributed by atoms with Gasteiger partial charge in [0.1, 0.15) is 34.6 Å². The van der Waals surface area contributed by atoms with Crippen molar-refractivity contribution in [3.05, 3.63) is 53.7 Å². The number of hydrogen-bond donors (Lipinski definition) is 2. The lowest BCUT2D eigenvalue weighted by Crippen LogP contribution is -2.17. The van der Waals surface area contributed by atoms with E-state index in [0.717, 1.165) is 25.0 Å². The topological polar surface area (TPSA) is 88.8 Å². The largest absolute Gasteiger partial charge is 0.491 e. The number of alkyl halides is 3. The zero-order valence-electron chi connectivity index (χ0n) is 16.0. The van der Waals surface area contributed by atoms with Crippen molar-refractivity contribution in [2.24, 2.45) is 5.92 Å². The smallest absolute Gasteiger partial charge is 0.433 e. The molecule has 3 aromatic heterocycles. The highest BCUT2D eigenvalue weighted by Gasteiger charge is 2.33. The summed E-state index contributed by atoms with van der Waals surface area (Å²) in [4.78, 5) is 20.4. The first kappa shape index (κ1) is 20.1. The summed E-state index contributed by atoms with van der Waals surface area (Å²) in [7, 11) is 0. The minimum absolute atomic E-state index is 0.201. The summed E-state index contributed by atoms with van der Waals surface area (Å²) in [5.74, 6) is -0.296. The number of nitrogens with zero attached hydrogens (tertiary/aromatic N) is 3.